The maximum absolute atomic E-state index is 13.2. The highest BCUT2D eigenvalue weighted by Crippen LogP contribution is 2.46. The molecule has 1 aliphatic heterocycles. The number of azo groups is 2. The number of nitrogens with two attached hydrogens (primary N) is 1. The van der Waals surface area contributed by atoms with Crippen molar-refractivity contribution in [3.05, 3.63) is 108 Å². The van der Waals surface area contributed by atoms with Crippen LogP contribution in [-0.4, -0.2) is 48.1 Å². The van der Waals surface area contributed by atoms with Gasteiger partial charge >= 0.3 is 0 Å². The number of imide groups is 1. The zero-order valence-corrected chi connectivity index (χ0v) is 29.8. The molecule has 2 amide bonds. The van der Waals surface area contributed by atoms with Crippen molar-refractivity contribution >= 4 is 99.8 Å². The minimum Gasteiger partial charge on any atom is -0.505 e. The number of para-hydroxylation sites is 1. The fourth-order valence-corrected chi connectivity index (χ4v) is 7.41. The lowest BCUT2D eigenvalue weighted by atomic mass is 10.1. The quantitative estimate of drug-likeness (QED) is 0.0168. The van der Waals surface area contributed by atoms with E-state index in [2.05, 4.69) is 29.8 Å². The first-order valence-electron chi connectivity index (χ1n) is 15.3. The molecule has 55 heavy (non-hydrogen) atoms. The van der Waals surface area contributed by atoms with E-state index in [9.17, 15) is 40.6 Å². The van der Waals surface area contributed by atoms with Crippen molar-refractivity contribution in [1.29, 1.82) is 0 Å². The molecule has 0 aliphatic carbocycles. The van der Waals surface area contributed by atoms with Gasteiger partial charge in [0.2, 0.25) is 0 Å². The monoisotopic (exact) mass is 802 g/mol. The summed E-state index contributed by atoms with van der Waals surface area (Å²) in [5, 5.41) is 40.9. The Kier molecular flexibility index (Phi) is 9.62. The minimum atomic E-state index is -4.75. The molecular weight excluding hydrogens is 781 g/mol. The molecule has 1 heterocycles. The smallest absolute Gasteiger partial charge is 0.296 e. The number of rotatable bonds is 10. The third-order valence-electron chi connectivity index (χ3n) is 8.27. The molecule has 0 bridgehead atoms. The number of amides is 2. The zero-order valence-electron chi connectivity index (χ0n) is 27.3. The Bertz CT molecular complexity index is 2890. The van der Waals surface area contributed by atoms with Crippen molar-refractivity contribution in [3.63, 3.8) is 0 Å². The molecule has 0 saturated carbocycles. The predicted octanol–water partition coefficient (Wildman–Crippen LogP) is 7.83. The summed E-state index contributed by atoms with van der Waals surface area (Å²) in [7, 11) is -9.47. The van der Waals surface area contributed by atoms with Crippen LogP contribution in [0.3, 0.4) is 0 Å². The molecule has 6 N–H and O–H groups in total. The van der Waals surface area contributed by atoms with Crippen LogP contribution >= 0.6 is 12.0 Å². The molecule has 0 atom stereocenters. The Morgan fingerprint density at radius 3 is 2.07 bits per heavy atom. The number of phenolic OH excluding ortho intramolecular Hbond substituents is 1. The van der Waals surface area contributed by atoms with Crippen molar-refractivity contribution in [1.82, 2.24) is 0 Å². The van der Waals surface area contributed by atoms with E-state index >= 15 is 0 Å². The molecule has 21 heteroatoms. The third kappa shape index (κ3) is 7.11. The Labute approximate surface area is 313 Å². The molecule has 6 aromatic carbocycles. The fraction of sp³-hybridized carbons (Fsp3) is 0. The minimum absolute atomic E-state index is 0.00176. The Balaban J connectivity index is 1.29. The standard InChI is InChI=1S/C34H22N6O12S3/c35-26-16-23-17(13-30(26)55(48,49)50)12-29(53-52-51-44)31(32(23)41)39-38-28-11-10-27(21-9-7-20(15-24(21)28)54(45,46)47)37-36-18-6-8-22-25(14-18)34(43)40(33(22)42)19-4-2-1-3-5-19/h1-16,41,44H,35H2,(H,45,46,47)(H,48,49,50). The maximum atomic E-state index is 13.2. The lowest BCUT2D eigenvalue weighted by Crippen LogP contribution is -2.29. The molecule has 0 fully saturated rings. The number of aromatic hydroxyl groups is 1. The largest absolute Gasteiger partial charge is 0.505 e. The van der Waals surface area contributed by atoms with Crippen LogP contribution in [0.15, 0.2) is 132 Å². The van der Waals surface area contributed by atoms with E-state index in [1.807, 2.05) is 0 Å². The molecule has 18 nitrogen and oxygen atoms in total. The van der Waals surface area contributed by atoms with Gasteiger partial charge in [0.25, 0.3) is 32.1 Å². The van der Waals surface area contributed by atoms with E-state index in [4.69, 9.17) is 11.0 Å². The highest BCUT2D eigenvalue weighted by atomic mass is 32.2. The predicted molar refractivity (Wildman–Crippen MR) is 197 cm³/mol. The molecule has 1 aliphatic rings. The van der Waals surface area contributed by atoms with Crippen LogP contribution < -0.4 is 10.6 Å². The summed E-state index contributed by atoms with van der Waals surface area (Å²) in [5.41, 5.74) is 6.24. The SMILES string of the molecule is Nc1cc2c(O)c(N=Nc3ccc(N=Nc4ccc5c(c4)C(=O)N(c4ccccc4)C5=O)c4ccc(S(=O)(=O)O)cc34)c(SOOO)cc2cc1S(=O)(=O)O. The zero-order chi connectivity index (χ0) is 39.2. The number of benzene rings is 6. The van der Waals surface area contributed by atoms with Crippen LogP contribution in [-0.2, 0) is 29.6 Å². The van der Waals surface area contributed by atoms with Crippen LogP contribution in [0.2, 0.25) is 0 Å². The van der Waals surface area contributed by atoms with Gasteiger partial charge in [-0.3, -0.25) is 18.7 Å². The van der Waals surface area contributed by atoms with Crippen molar-refractivity contribution in [2.75, 3.05) is 10.6 Å². The van der Waals surface area contributed by atoms with Gasteiger partial charge in [-0.1, -0.05) is 29.3 Å². The summed E-state index contributed by atoms with van der Waals surface area (Å²) >= 11 is 0.340. The maximum Gasteiger partial charge on any atom is 0.296 e. The normalized spacial score (nSPS) is 13.5. The Hall–Kier alpha value is -6.17. The average Bonchev–Trinajstić information content (AvgIpc) is 3.40. The molecule has 0 spiro atoms. The number of fused-ring (bicyclic) bond motifs is 3. The lowest BCUT2D eigenvalue weighted by Gasteiger charge is -2.13. The van der Waals surface area contributed by atoms with Crippen molar-refractivity contribution in [3.8, 4) is 5.75 Å². The number of phenols is 1. The average molecular weight is 803 g/mol. The topological polar surface area (TPSA) is 280 Å². The second-order valence-electron chi connectivity index (χ2n) is 11.6. The number of carbonyl (C=O) groups excluding carboxylic acids is 2. The van der Waals surface area contributed by atoms with Gasteiger partial charge in [-0.15, -0.1) is 19.7 Å². The van der Waals surface area contributed by atoms with Crippen molar-refractivity contribution < 1.29 is 55.3 Å². The van der Waals surface area contributed by atoms with Gasteiger partial charge in [0.05, 0.1) is 61.4 Å². The van der Waals surface area contributed by atoms with E-state index in [1.54, 1.807) is 30.3 Å². The molecule has 7 rings (SSSR count). The number of anilines is 2. The second-order valence-corrected chi connectivity index (χ2v) is 15.1. The van der Waals surface area contributed by atoms with E-state index < -0.39 is 53.3 Å². The number of hydrogen-bond donors (Lipinski definition) is 5. The van der Waals surface area contributed by atoms with Gasteiger partial charge in [-0.2, -0.15) is 21.9 Å². The molecule has 0 aromatic heterocycles. The first-order chi connectivity index (χ1) is 26.2. The number of carbonyl (C=O) groups is 2. The highest BCUT2D eigenvalue weighted by molar-refractivity contribution is 7.94. The van der Waals surface area contributed by atoms with Gasteiger partial charge in [0.1, 0.15) is 10.6 Å². The van der Waals surface area contributed by atoms with Crippen molar-refractivity contribution in [2.45, 2.75) is 14.7 Å². The van der Waals surface area contributed by atoms with E-state index in [-0.39, 0.29) is 60.3 Å². The molecule has 0 radical (unpaired) electrons. The van der Waals surface area contributed by atoms with Crippen LogP contribution in [0.4, 0.5) is 34.1 Å². The summed E-state index contributed by atoms with van der Waals surface area (Å²) in [5.74, 6) is -1.62. The van der Waals surface area contributed by atoms with Gasteiger partial charge in [-0.05, 0) is 78.2 Å². The first-order valence-corrected chi connectivity index (χ1v) is 18.9. The summed E-state index contributed by atoms with van der Waals surface area (Å²) in [6.07, 6.45) is 0. The van der Waals surface area contributed by atoms with Crippen molar-refractivity contribution in [2.24, 2.45) is 20.5 Å². The summed E-state index contributed by atoms with van der Waals surface area (Å²) in [6, 6.07) is 22.5. The van der Waals surface area contributed by atoms with Gasteiger partial charge < -0.3 is 10.8 Å². The van der Waals surface area contributed by atoms with Gasteiger partial charge in [0.15, 0.2) is 5.75 Å². The summed E-state index contributed by atoms with van der Waals surface area (Å²) in [4.78, 5) is 26.1. The van der Waals surface area contributed by atoms with Crippen LogP contribution in [0.25, 0.3) is 21.5 Å². The van der Waals surface area contributed by atoms with Gasteiger partial charge in [0, 0.05) is 16.2 Å². The number of nitrogen functional groups attached to an aromatic ring is 1. The number of hydrogen-bond acceptors (Lipinski definition) is 16. The Morgan fingerprint density at radius 1 is 0.691 bits per heavy atom. The third-order valence-corrected chi connectivity index (χ3v) is 10.6. The Morgan fingerprint density at radius 2 is 1.38 bits per heavy atom. The van der Waals surface area contributed by atoms with Crippen LogP contribution in [0.1, 0.15) is 20.7 Å². The highest BCUT2D eigenvalue weighted by Gasteiger charge is 2.36. The molecule has 6 aromatic rings. The van der Waals surface area contributed by atoms with Crippen LogP contribution in [0.5, 0.6) is 5.75 Å². The first kappa shape index (κ1) is 37.2. The second kappa shape index (κ2) is 14.2. The molecule has 0 unspecified atom stereocenters. The number of nitrogens with zero attached hydrogens (tertiary/aromatic N) is 5. The fourth-order valence-electron chi connectivity index (χ4n) is 5.78. The summed E-state index contributed by atoms with van der Waals surface area (Å²) in [6.45, 7) is 0. The van der Waals surface area contributed by atoms with Crippen LogP contribution in [0, 0.1) is 0 Å². The molecule has 0 saturated heterocycles. The summed E-state index contributed by atoms with van der Waals surface area (Å²) < 4.78 is 71.7. The van der Waals surface area contributed by atoms with E-state index in [1.165, 1.54) is 42.5 Å². The van der Waals surface area contributed by atoms with E-state index in [0.29, 0.717) is 17.7 Å². The lowest BCUT2D eigenvalue weighted by molar-refractivity contribution is -0.432. The molecule has 278 valence electrons. The molecular formula is C34H22N6O12S3. The van der Waals surface area contributed by atoms with E-state index in [0.717, 1.165) is 29.2 Å². The van der Waals surface area contributed by atoms with Gasteiger partial charge in [-0.25, -0.2) is 10.2 Å².